The van der Waals surface area contributed by atoms with Crippen molar-refractivity contribution < 1.29 is 28.5 Å². The lowest BCUT2D eigenvalue weighted by Crippen LogP contribution is -2.54. The Labute approximate surface area is 297 Å². The average molecular weight is 695 g/mol. The molecular weight excluding hydrogens is 648 g/mol. The van der Waals surface area contributed by atoms with Gasteiger partial charge in [0.1, 0.15) is 24.4 Å². The summed E-state index contributed by atoms with van der Waals surface area (Å²) < 4.78 is 35.5. The van der Waals surface area contributed by atoms with Crippen molar-refractivity contribution in [2.75, 3.05) is 13.2 Å². The van der Waals surface area contributed by atoms with E-state index in [-0.39, 0.29) is 13.2 Å². The predicted octanol–water partition coefficient (Wildman–Crippen LogP) is 6.16. The van der Waals surface area contributed by atoms with E-state index in [2.05, 4.69) is 4.98 Å². The highest BCUT2D eigenvalue weighted by Gasteiger charge is 2.67. The summed E-state index contributed by atoms with van der Waals surface area (Å²) in [5.74, 6) is -1.32. The summed E-state index contributed by atoms with van der Waals surface area (Å²) in [6.45, 7) is 6.66. The molecular formula is C41H46N2O8. The quantitative estimate of drug-likeness (QED) is 0.164. The van der Waals surface area contributed by atoms with Crippen LogP contribution in [0.4, 0.5) is 0 Å². The molecule has 0 radical (unpaired) electrons. The van der Waals surface area contributed by atoms with E-state index in [4.69, 9.17) is 23.7 Å². The van der Waals surface area contributed by atoms with Gasteiger partial charge in [-0.3, -0.25) is 19.1 Å². The van der Waals surface area contributed by atoms with Crippen LogP contribution in [0.1, 0.15) is 81.4 Å². The number of aromatic nitrogens is 2. The number of nitrogens with zero attached hydrogens (tertiary/aromatic N) is 1. The van der Waals surface area contributed by atoms with Crippen molar-refractivity contribution in [1.29, 1.82) is 0 Å². The van der Waals surface area contributed by atoms with Crippen LogP contribution in [0.15, 0.2) is 107 Å². The molecule has 10 nitrogen and oxygen atoms in total. The van der Waals surface area contributed by atoms with E-state index >= 15 is 0 Å². The zero-order valence-corrected chi connectivity index (χ0v) is 29.6. The molecule has 1 saturated carbocycles. The van der Waals surface area contributed by atoms with Crippen molar-refractivity contribution in [2.45, 2.75) is 95.2 Å². The summed E-state index contributed by atoms with van der Waals surface area (Å²) in [7, 11) is 0. The third-order valence-electron chi connectivity index (χ3n) is 10.3. The van der Waals surface area contributed by atoms with E-state index in [1.807, 2.05) is 91.0 Å². The highest BCUT2D eigenvalue weighted by atomic mass is 16.8. The monoisotopic (exact) mass is 694 g/mol. The van der Waals surface area contributed by atoms with Gasteiger partial charge in [0, 0.05) is 24.6 Å². The standard InChI is InChI=1S/C41H46N2O8/c1-28-25-43(37(46)42-34(28)44)35-32-33(50-40(49-32)23-15-8-16-24-40)39(51-35,26-47-36(45)38(2,3)4)27-48-41(29-17-9-5-10-18-29,30-19-11-6-12-20-30)31-21-13-7-14-22-31/h5-7,9-14,17-22,25,32-33,35H,8,15-16,23-24,26-27H2,1-4H3,(H,42,44,46)/t32-,33+,35-,39+/m1/s1. The van der Waals surface area contributed by atoms with Crippen LogP contribution in [0.2, 0.25) is 0 Å². The van der Waals surface area contributed by atoms with Crippen molar-refractivity contribution >= 4 is 5.97 Å². The van der Waals surface area contributed by atoms with Gasteiger partial charge in [0.25, 0.3) is 5.56 Å². The SMILES string of the molecule is Cc1cn([C@@H]2O[C@@](COC(=O)C(C)(C)C)(COC(c3ccccc3)(c3ccccc3)c3ccccc3)[C@H]3OC4(CCCCC4)O[C@@H]23)c(=O)[nH]c1=O. The van der Waals surface area contributed by atoms with Crippen LogP contribution in [0.5, 0.6) is 0 Å². The molecule has 7 rings (SSSR count). The number of esters is 1. The van der Waals surface area contributed by atoms with E-state index in [0.717, 1.165) is 36.0 Å². The van der Waals surface area contributed by atoms with Gasteiger partial charge in [-0.2, -0.15) is 0 Å². The van der Waals surface area contributed by atoms with Gasteiger partial charge in [0.15, 0.2) is 17.6 Å². The molecule has 2 aliphatic heterocycles. The van der Waals surface area contributed by atoms with Crippen LogP contribution in [0, 0.1) is 12.3 Å². The van der Waals surface area contributed by atoms with Gasteiger partial charge in [-0.05, 0) is 57.2 Å². The third kappa shape index (κ3) is 6.50. The Hall–Kier alpha value is -4.35. The first-order valence-corrected chi connectivity index (χ1v) is 17.8. The Kier molecular flexibility index (Phi) is 9.39. The minimum absolute atomic E-state index is 0.114. The van der Waals surface area contributed by atoms with Crippen LogP contribution < -0.4 is 11.2 Å². The van der Waals surface area contributed by atoms with Crippen LogP contribution in [-0.2, 0) is 34.1 Å². The maximum atomic E-state index is 13.4. The number of hydrogen-bond donors (Lipinski definition) is 1. The molecule has 4 atom stereocenters. The summed E-state index contributed by atoms with van der Waals surface area (Å²) >= 11 is 0. The summed E-state index contributed by atoms with van der Waals surface area (Å²) in [4.78, 5) is 41.7. The second-order valence-electron chi connectivity index (χ2n) is 15.0. The molecule has 1 N–H and O–H groups in total. The summed E-state index contributed by atoms with van der Waals surface area (Å²) in [5.41, 5.74) is -1.50. The molecule has 0 unspecified atom stereocenters. The number of ether oxygens (including phenoxy) is 5. The fourth-order valence-corrected chi connectivity index (χ4v) is 7.62. The zero-order chi connectivity index (χ0) is 35.9. The fourth-order valence-electron chi connectivity index (χ4n) is 7.62. The first-order chi connectivity index (χ1) is 24.5. The van der Waals surface area contributed by atoms with Crippen LogP contribution in [-0.4, -0.2) is 52.3 Å². The lowest BCUT2D eigenvalue weighted by Gasteiger charge is -2.42. The average Bonchev–Trinajstić information content (AvgIpc) is 3.64. The Balaban J connectivity index is 1.39. The number of fused-ring (bicyclic) bond motifs is 1. The van der Waals surface area contributed by atoms with Crippen molar-refractivity contribution in [3.8, 4) is 0 Å². The molecule has 0 amide bonds. The molecule has 3 heterocycles. The Bertz CT molecular complexity index is 1850. The predicted molar refractivity (Wildman–Crippen MR) is 190 cm³/mol. The lowest BCUT2D eigenvalue weighted by molar-refractivity contribution is -0.265. The Morgan fingerprint density at radius 3 is 1.88 bits per heavy atom. The second-order valence-corrected chi connectivity index (χ2v) is 15.0. The van der Waals surface area contributed by atoms with Crippen molar-refractivity contribution in [3.63, 3.8) is 0 Å². The first-order valence-electron chi connectivity index (χ1n) is 17.8. The van der Waals surface area contributed by atoms with Crippen LogP contribution in [0.3, 0.4) is 0 Å². The molecule has 0 bridgehead atoms. The van der Waals surface area contributed by atoms with Crippen LogP contribution in [0.25, 0.3) is 0 Å². The summed E-state index contributed by atoms with van der Waals surface area (Å²) in [5, 5.41) is 0. The number of rotatable bonds is 9. The van der Waals surface area contributed by atoms with E-state index < -0.39 is 58.1 Å². The number of carbonyl (C=O) groups is 1. The first kappa shape index (κ1) is 35.1. The second kappa shape index (κ2) is 13.7. The van der Waals surface area contributed by atoms with Gasteiger partial charge in [-0.15, -0.1) is 0 Å². The lowest BCUT2D eigenvalue weighted by atomic mass is 9.80. The van der Waals surface area contributed by atoms with Gasteiger partial charge in [0.2, 0.25) is 0 Å². The molecule has 51 heavy (non-hydrogen) atoms. The molecule has 1 spiro atoms. The number of carbonyl (C=O) groups excluding carboxylic acids is 1. The van der Waals surface area contributed by atoms with Gasteiger partial charge in [-0.25, -0.2) is 4.79 Å². The zero-order valence-electron chi connectivity index (χ0n) is 29.6. The summed E-state index contributed by atoms with van der Waals surface area (Å²) in [6, 6.07) is 29.9. The number of aryl methyl sites for hydroxylation is 1. The summed E-state index contributed by atoms with van der Waals surface area (Å²) in [6.07, 6.45) is 3.14. The number of hydrogen-bond acceptors (Lipinski definition) is 8. The highest BCUT2D eigenvalue weighted by Crippen LogP contribution is 2.53. The maximum absolute atomic E-state index is 13.4. The number of nitrogens with one attached hydrogen (secondary N) is 1. The molecule has 1 aromatic heterocycles. The number of aromatic amines is 1. The third-order valence-corrected chi connectivity index (χ3v) is 10.3. The van der Waals surface area contributed by atoms with Crippen molar-refractivity contribution in [3.05, 3.63) is 140 Å². The molecule has 268 valence electrons. The minimum Gasteiger partial charge on any atom is -0.462 e. The number of H-pyrrole nitrogens is 1. The Morgan fingerprint density at radius 1 is 0.804 bits per heavy atom. The van der Waals surface area contributed by atoms with E-state index in [1.165, 1.54) is 10.8 Å². The van der Waals surface area contributed by atoms with Gasteiger partial charge in [-0.1, -0.05) is 97.4 Å². The molecule has 3 aromatic carbocycles. The van der Waals surface area contributed by atoms with Crippen molar-refractivity contribution in [1.82, 2.24) is 9.55 Å². The minimum atomic E-state index is -1.44. The van der Waals surface area contributed by atoms with E-state index in [1.54, 1.807) is 27.7 Å². The van der Waals surface area contributed by atoms with Gasteiger partial charge in [0.05, 0.1) is 12.0 Å². The molecule has 4 aromatic rings. The normalized spacial score (nSPS) is 24.4. The highest BCUT2D eigenvalue weighted by molar-refractivity contribution is 5.75. The maximum Gasteiger partial charge on any atom is 0.330 e. The Morgan fingerprint density at radius 2 is 1.35 bits per heavy atom. The van der Waals surface area contributed by atoms with Crippen molar-refractivity contribution in [2.24, 2.45) is 5.41 Å². The van der Waals surface area contributed by atoms with E-state index in [9.17, 15) is 14.4 Å². The molecule has 1 aliphatic carbocycles. The van der Waals surface area contributed by atoms with Gasteiger partial charge >= 0.3 is 11.7 Å². The number of benzene rings is 3. The van der Waals surface area contributed by atoms with Gasteiger partial charge < -0.3 is 23.7 Å². The topological polar surface area (TPSA) is 118 Å². The van der Waals surface area contributed by atoms with Crippen LogP contribution >= 0.6 is 0 Å². The molecule has 3 fully saturated rings. The largest absolute Gasteiger partial charge is 0.462 e. The molecule has 3 aliphatic rings. The van der Waals surface area contributed by atoms with E-state index in [0.29, 0.717) is 18.4 Å². The fraction of sp³-hybridized carbons (Fsp3) is 0.439. The smallest absolute Gasteiger partial charge is 0.330 e. The molecule has 10 heteroatoms. The molecule has 2 saturated heterocycles.